The van der Waals surface area contributed by atoms with Gasteiger partial charge in [-0.1, -0.05) is 69.8 Å². The van der Waals surface area contributed by atoms with Crippen molar-refractivity contribution in [3.05, 3.63) is 28.2 Å². The van der Waals surface area contributed by atoms with Crippen LogP contribution in [0.5, 0.6) is 0 Å². The van der Waals surface area contributed by atoms with Gasteiger partial charge in [0.05, 0.1) is 5.69 Å². The second kappa shape index (κ2) is 9.00. The number of alkyl halides is 1. The highest BCUT2D eigenvalue weighted by Crippen LogP contribution is 2.49. The number of nitrogens with zero attached hydrogens (tertiary/aromatic N) is 1. The fourth-order valence-corrected chi connectivity index (χ4v) is 4.00. The Morgan fingerprint density at radius 1 is 1.17 bits per heavy atom. The van der Waals surface area contributed by atoms with Gasteiger partial charge < -0.3 is 0 Å². The maximum atomic E-state index is 11.5. The second-order valence-corrected chi connectivity index (χ2v) is 8.46. The number of aromatic amines is 1. The highest BCUT2D eigenvalue weighted by atomic mass is 79.9. The van der Waals surface area contributed by atoms with Gasteiger partial charge in [0.2, 0.25) is 0 Å². The number of unbranched alkanes of at least 4 members (excludes halogenated alkanes) is 1. The molecule has 0 aliphatic heterocycles. The van der Waals surface area contributed by atoms with E-state index in [1.807, 2.05) is 6.07 Å². The third-order valence-electron chi connectivity index (χ3n) is 5.38. The largest absolute Gasteiger partial charge is 0.268 e. The van der Waals surface area contributed by atoms with Crippen LogP contribution in [-0.4, -0.2) is 15.5 Å². The first kappa shape index (κ1) is 20.4. The van der Waals surface area contributed by atoms with Gasteiger partial charge in [0.15, 0.2) is 0 Å². The van der Waals surface area contributed by atoms with Crippen molar-refractivity contribution >= 4 is 15.9 Å². The molecule has 1 aromatic heterocycles. The van der Waals surface area contributed by atoms with E-state index in [1.165, 1.54) is 25.7 Å². The number of aromatic nitrogens is 2. The summed E-state index contributed by atoms with van der Waals surface area (Å²) in [4.78, 5) is 11.5. The Bertz CT molecular complexity index is 496. The van der Waals surface area contributed by atoms with Crippen molar-refractivity contribution < 1.29 is 0 Å². The molecule has 23 heavy (non-hydrogen) atoms. The van der Waals surface area contributed by atoms with Crippen LogP contribution >= 0.6 is 15.9 Å². The zero-order chi connectivity index (χ0) is 17.5. The molecule has 1 heterocycles. The number of hydrogen-bond acceptors (Lipinski definition) is 2. The van der Waals surface area contributed by atoms with Crippen LogP contribution in [0.3, 0.4) is 0 Å². The molecule has 1 atom stereocenters. The first-order valence-electron chi connectivity index (χ1n) is 8.93. The van der Waals surface area contributed by atoms with Crippen LogP contribution in [0.25, 0.3) is 0 Å². The van der Waals surface area contributed by atoms with E-state index in [9.17, 15) is 4.79 Å². The quantitative estimate of drug-likeness (QED) is 0.454. The van der Waals surface area contributed by atoms with E-state index < -0.39 is 0 Å². The summed E-state index contributed by atoms with van der Waals surface area (Å²) in [5, 5.41) is 8.17. The number of nitrogens with one attached hydrogen (secondary N) is 1. The Balaban J connectivity index is 3.32. The van der Waals surface area contributed by atoms with Crippen LogP contribution in [0.1, 0.15) is 78.8 Å². The van der Waals surface area contributed by atoms with E-state index in [2.05, 4.69) is 60.7 Å². The Kier molecular flexibility index (Phi) is 7.99. The Labute approximate surface area is 149 Å². The summed E-state index contributed by atoms with van der Waals surface area (Å²) < 4.78 is 0. The third-order valence-corrected chi connectivity index (χ3v) is 5.94. The van der Waals surface area contributed by atoms with Gasteiger partial charge in [0.1, 0.15) is 0 Å². The molecule has 0 fully saturated rings. The molecule has 1 unspecified atom stereocenters. The molecule has 0 saturated heterocycles. The Hall–Kier alpha value is -0.640. The molecule has 0 aromatic carbocycles. The van der Waals surface area contributed by atoms with Gasteiger partial charge in [-0.2, -0.15) is 5.10 Å². The maximum absolute atomic E-state index is 11.5. The van der Waals surface area contributed by atoms with Gasteiger partial charge in [-0.25, -0.2) is 5.10 Å². The molecule has 1 aromatic rings. The average molecular weight is 385 g/mol. The maximum Gasteiger partial charge on any atom is 0.264 e. The van der Waals surface area contributed by atoms with Gasteiger partial charge in [0.25, 0.3) is 5.56 Å². The lowest BCUT2D eigenvalue weighted by Crippen LogP contribution is -2.43. The molecule has 1 N–H and O–H groups in total. The highest BCUT2D eigenvalue weighted by molar-refractivity contribution is 9.09. The zero-order valence-electron chi connectivity index (χ0n) is 15.4. The monoisotopic (exact) mass is 384 g/mol. The second-order valence-electron chi connectivity index (χ2n) is 7.67. The molecule has 0 spiro atoms. The predicted molar refractivity (Wildman–Crippen MR) is 102 cm³/mol. The minimum atomic E-state index is -0.125. The minimum absolute atomic E-state index is 0.00391. The van der Waals surface area contributed by atoms with Gasteiger partial charge in [-0.3, -0.25) is 4.79 Å². The molecule has 0 aliphatic carbocycles. The number of rotatable bonds is 9. The summed E-state index contributed by atoms with van der Waals surface area (Å²) >= 11 is 3.55. The molecule has 1 rings (SSSR count). The van der Waals surface area contributed by atoms with E-state index in [1.54, 1.807) is 6.07 Å². The summed E-state index contributed by atoms with van der Waals surface area (Å²) in [5.41, 5.74) is 1.01. The van der Waals surface area contributed by atoms with Gasteiger partial charge in [-0.05, 0) is 36.7 Å². The van der Waals surface area contributed by atoms with Crippen molar-refractivity contribution in [2.75, 3.05) is 5.33 Å². The molecule has 4 heteroatoms. The SMILES string of the molecule is CCC(CC)CC(CCCCBr)(c1ccc(=O)[nH]n1)C(C)(C)C. The first-order chi connectivity index (χ1) is 10.8. The third kappa shape index (κ3) is 5.17. The molecule has 0 bridgehead atoms. The Morgan fingerprint density at radius 2 is 1.83 bits per heavy atom. The average Bonchev–Trinajstić information content (AvgIpc) is 2.50. The van der Waals surface area contributed by atoms with Crippen molar-refractivity contribution in [1.29, 1.82) is 0 Å². The van der Waals surface area contributed by atoms with Gasteiger partial charge in [0, 0.05) is 16.8 Å². The Morgan fingerprint density at radius 3 is 2.26 bits per heavy atom. The topological polar surface area (TPSA) is 45.8 Å². The van der Waals surface area contributed by atoms with Crippen molar-refractivity contribution in [3.8, 4) is 0 Å². The van der Waals surface area contributed by atoms with E-state index in [0.717, 1.165) is 23.9 Å². The molecule has 0 radical (unpaired) electrons. The lowest BCUT2D eigenvalue weighted by Gasteiger charge is -2.46. The van der Waals surface area contributed by atoms with Crippen LogP contribution < -0.4 is 5.56 Å². The van der Waals surface area contributed by atoms with Crippen molar-refractivity contribution in [3.63, 3.8) is 0 Å². The number of hydrogen-bond donors (Lipinski definition) is 1. The summed E-state index contributed by atoms with van der Waals surface area (Å²) in [6, 6.07) is 3.57. The standard InChI is InChI=1S/C19H33BrN2O/c1-6-15(7-2)14-19(18(3,4)5,12-8-9-13-20)16-10-11-17(23)22-21-16/h10-11,15H,6-9,12-14H2,1-5H3,(H,22,23). The van der Waals surface area contributed by atoms with Crippen LogP contribution in [0.2, 0.25) is 0 Å². The summed E-state index contributed by atoms with van der Waals surface area (Å²) in [6.07, 6.45) is 6.96. The normalized spacial score (nSPS) is 14.9. The molecule has 3 nitrogen and oxygen atoms in total. The molecule has 0 amide bonds. The minimum Gasteiger partial charge on any atom is -0.268 e. The molecule has 0 aliphatic rings. The highest BCUT2D eigenvalue weighted by Gasteiger charge is 2.45. The number of halogens is 1. The predicted octanol–water partition coefficient (Wildman–Crippen LogP) is 5.45. The molecular weight excluding hydrogens is 352 g/mol. The first-order valence-corrected chi connectivity index (χ1v) is 10.0. The van der Waals surface area contributed by atoms with E-state index in [0.29, 0.717) is 5.92 Å². The lowest BCUT2D eigenvalue weighted by atomic mass is 9.58. The van der Waals surface area contributed by atoms with E-state index in [4.69, 9.17) is 0 Å². The summed E-state index contributed by atoms with van der Waals surface area (Å²) in [5.74, 6) is 0.687. The fourth-order valence-electron chi connectivity index (χ4n) is 3.60. The smallest absolute Gasteiger partial charge is 0.264 e. The van der Waals surface area contributed by atoms with Crippen molar-refractivity contribution in [2.45, 2.75) is 78.6 Å². The van der Waals surface area contributed by atoms with E-state index >= 15 is 0 Å². The molecule has 0 saturated carbocycles. The molecule has 132 valence electrons. The number of H-pyrrole nitrogens is 1. The fraction of sp³-hybridized carbons (Fsp3) is 0.789. The molecular formula is C19H33BrN2O. The zero-order valence-corrected chi connectivity index (χ0v) is 17.0. The van der Waals surface area contributed by atoms with Gasteiger partial charge >= 0.3 is 0 Å². The van der Waals surface area contributed by atoms with Crippen LogP contribution in [0, 0.1) is 11.3 Å². The summed E-state index contributed by atoms with van der Waals surface area (Å²) in [6.45, 7) is 11.5. The van der Waals surface area contributed by atoms with Gasteiger partial charge in [-0.15, -0.1) is 0 Å². The van der Waals surface area contributed by atoms with Crippen LogP contribution in [0.15, 0.2) is 16.9 Å². The summed E-state index contributed by atoms with van der Waals surface area (Å²) in [7, 11) is 0. The van der Waals surface area contributed by atoms with E-state index in [-0.39, 0.29) is 16.4 Å². The van der Waals surface area contributed by atoms with Crippen molar-refractivity contribution in [2.24, 2.45) is 11.3 Å². The lowest BCUT2D eigenvalue weighted by molar-refractivity contribution is 0.117. The van der Waals surface area contributed by atoms with Crippen LogP contribution in [-0.2, 0) is 5.41 Å². The van der Waals surface area contributed by atoms with Crippen LogP contribution in [0.4, 0.5) is 0 Å². The van der Waals surface area contributed by atoms with Crippen molar-refractivity contribution in [1.82, 2.24) is 10.2 Å².